The number of carbonyl (C=O) groups is 1. The highest BCUT2D eigenvalue weighted by atomic mass is 32.2. The van der Waals surface area contributed by atoms with Gasteiger partial charge in [-0.2, -0.15) is 0 Å². The van der Waals surface area contributed by atoms with Gasteiger partial charge in [0.15, 0.2) is 0 Å². The molecule has 3 fully saturated rings. The summed E-state index contributed by atoms with van der Waals surface area (Å²) in [4.78, 5) is 14.7. The topological polar surface area (TPSA) is 32.3 Å². The monoisotopic (exact) mass is 282 g/mol. The van der Waals surface area contributed by atoms with Crippen molar-refractivity contribution in [1.82, 2.24) is 10.2 Å². The Balaban J connectivity index is 1.45. The Morgan fingerprint density at radius 3 is 2.63 bits per heavy atom. The molecular formula is C15H26N2OS. The first kappa shape index (κ1) is 13.7. The van der Waals surface area contributed by atoms with Crippen LogP contribution in [0.3, 0.4) is 0 Å². The van der Waals surface area contributed by atoms with Crippen LogP contribution in [0.2, 0.25) is 0 Å². The second kappa shape index (κ2) is 5.65. The summed E-state index contributed by atoms with van der Waals surface area (Å²) in [5, 5.41) is 3.68. The van der Waals surface area contributed by atoms with Crippen molar-refractivity contribution in [3.05, 3.63) is 0 Å². The van der Waals surface area contributed by atoms with Crippen molar-refractivity contribution < 1.29 is 4.79 Å². The van der Waals surface area contributed by atoms with Crippen molar-refractivity contribution in [2.45, 2.75) is 56.2 Å². The van der Waals surface area contributed by atoms with Crippen LogP contribution in [0.5, 0.6) is 0 Å². The number of rotatable bonds is 4. The molecule has 4 heteroatoms. The van der Waals surface area contributed by atoms with Gasteiger partial charge in [0.2, 0.25) is 5.91 Å². The van der Waals surface area contributed by atoms with Crippen LogP contribution in [0.15, 0.2) is 0 Å². The molecule has 108 valence electrons. The number of nitrogens with one attached hydrogen (secondary N) is 1. The molecule has 0 bridgehead atoms. The molecule has 19 heavy (non-hydrogen) atoms. The molecule has 0 aromatic heterocycles. The zero-order valence-electron chi connectivity index (χ0n) is 12.0. The minimum atomic E-state index is -0.117. The van der Waals surface area contributed by atoms with Gasteiger partial charge >= 0.3 is 0 Å². The average molecular weight is 282 g/mol. The Kier molecular flexibility index (Phi) is 4.08. The largest absolute Gasteiger partial charge is 0.341 e. The fourth-order valence-corrected chi connectivity index (χ4v) is 4.50. The molecule has 0 aromatic carbocycles. The number of amides is 1. The van der Waals surface area contributed by atoms with E-state index in [-0.39, 0.29) is 4.75 Å². The van der Waals surface area contributed by atoms with Gasteiger partial charge in [0.05, 0.1) is 4.75 Å². The Morgan fingerprint density at radius 2 is 2.05 bits per heavy atom. The Bertz CT molecular complexity index is 329. The maximum Gasteiger partial charge on any atom is 0.238 e. The van der Waals surface area contributed by atoms with Crippen molar-refractivity contribution in [1.29, 1.82) is 0 Å². The molecule has 3 nitrogen and oxygen atoms in total. The molecule has 1 amide bonds. The number of thioether (sulfide) groups is 1. The molecule has 3 aliphatic rings. The first-order valence-electron chi connectivity index (χ1n) is 7.84. The van der Waals surface area contributed by atoms with Crippen LogP contribution in [-0.2, 0) is 4.79 Å². The van der Waals surface area contributed by atoms with Gasteiger partial charge in [-0.25, -0.2) is 0 Å². The molecule has 1 unspecified atom stereocenters. The van der Waals surface area contributed by atoms with Crippen molar-refractivity contribution in [3.63, 3.8) is 0 Å². The van der Waals surface area contributed by atoms with E-state index in [9.17, 15) is 4.79 Å². The lowest BCUT2D eigenvalue weighted by molar-refractivity contribution is -0.134. The molecule has 2 aliphatic heterocycles. The molecule has 1 aliphatic carbocycles. The zero-order valence-corrected chi connectivity index (χ0v) is 12.8. The molecule has 0 radical (unpaired) electrons. The molecule has 0 aromatic rings. The van der Waals surface area contributed by atoms with Crippen LogP contribution in [-0.4, -0.2) is 47.0 Å². The summed E-state index contributed by atoms with van der Waals surface area (Å²) in [7, 11) is 0. The van der Waals surface area contributed by atoms with E-state index in [1.54, 1.807) is 0 Å². The van der Waals surface area contributed by atoms with Crippen LogP contribution < -0.4 is 5.32 Å². The molecule has 2 heterocycles. The zero-order chi connectivity index (χ0) is 13.3. The van der Waals surface area contributed by atoms with Crippen LogP contribution in [0.1, 0.15) is 45.4 Å². The van der Waals surface area contributed by atoms with E-state index in [4.69, 9.17) is 0 Å². The lowest BCUT2D eigenvalue weighted by atomic mass is 9.99. The smallest absolute Gasteiger partial charge is 0.238 e. The fraction of sp³-hybridized carbons (Fsp3) is 0.933. The normalized spacial score (nSPS) is 32.8. The minimum absolute atomic E-state index is 0.117. The quantitative estimate of drug-likeness (QED) is 0.858. The lowest BCUT2D eigenvalue weighted by Gasteiger charge is -2.36. The van der Waals surface area contributed by atoms with Crippen molar-refractivity contribution in [2.75, 3.05) is 25.4 Å². The summed E-state index contributed by atoms with van der Waals surface area (Å²) in [6.45, 7) is 5.26. The fourth-order valence-electron chi connectivity index (χ4n) is 3.22. The highest BCUT2D eigenvalue weighted by molar-refractivity contribution is 8.01. The molecule has 1 atom stereocenters. The first-order valence-corrected chi connectivity index (χ1v) is 8.83. The van der Waals surface area contributed by atoms with E-state index in [1.807, 2.05) is 11.8 Å². The Labute approximate surface area is 120 Å². The SMILES string of the molecule is CC1(C(=O)N2CCC(NCC3CC3)CC2)CCCS1. The first-order chi connectivity index (χ1) is 9.17. The summed E-state index contributed by atoms with van der Waals surface area (Å²) >= 11 is 1.86. The van der Waals surface area contributed by atoms with E-state index in [0.717, 1.165) is 44.0 Å². The van der Waals surface area contributed by atoms with E-state index in [0.29, 0.717) is 11.9 Å². The highest BCUT2D eigenvalue weighted by Crippen LogP contribution is 2.39. The van der Waals surface area contributed by atoms with Crippen molar-refractivity contribution >= 4 is 17.7 Å². The number of hydrogen-bond acceptors (Lipinski definition) is 3. The van der Waals surface area contributed by atoms with Crippen LogP contribution in [0.25, 0.3) is 0 Å². The summed E-state index contributed by atoms with van der Waals surface area (Å²) < 4.78 is -0.117. The number of nitrogens with zero attached hydrogens (tertiary/aromatic N) is 1. The summed E-state index contributed by atoms with van der Waals surface area (Å²) in [6, 6.07) is 0.647. The van der Waals surface area contributed by atoms with Crippen molar-refractivity contribution in [3.8, 4) is 0 Å². The number of likely N-dealkylation sites (tertiary alicyclic amines) is 1. The standard InChI is InChI=1S/C15H26N2OS/c1-15(7-2-10-19-15)14(18)17-8-5-13(6-9-17)16-11-12-3-4-12/h12-13,16H,2-11H2,1H3. The van der Waals surface area contributed by atoms with Gasteiger partial charge in [-0.15, -0.1) is 11.8 Å². The molecule has 3 rings (SSSR count). The molecule has 1 N–H and O–H groups in total. The molecule has 0 spiro atoms. The highest BCUT2D eigenvalue weighted by Gasteiger charge is 2.40. The summed E-state index contributed by atoms with van der Waals surface area (Å²) in [5.41, 5.74) is 0. The van der Waals surface area contributed by atoms with Crippen molar-refractivity contribution in [2.24, 2.45) is 5.92 Å². The Hall–Kier alpha value is -0.220. The van der Waals surface area contributed by atoms with Crippen LogP contribution in [0, 0.1) is 5.92 Å². The third-order valence-corrected chi connectivity index (χ3v) is 6.35. The van der Waals surface area contributed by atoms with E-state index >= 15 is 0 Å². The van der Waals surface area contributed by atoms with Gasteiger partial charge in [-0.3, -0.25) is 4.79 Å². The molecule has 2 saturated heterocycles. The third-order valence-electron chi connectivity index (χ3n) is 4.85. The van der Waals surface area contributed by atoms with E-state index in [2.05, 4.69) is 17.1 Å². The second-order valence-corrected chi connectivity index (χ2v) is 8.20. The molecular weight excluding hydrogens is 256 g/mol. The van der Waals surface area contributed by atoms with Gasteiger partial charge < -0.3 is 10.2 Å². The number of hydrogen-bond donors (Lipinski definition) is 1. The number of piperidine rings is 1. The minimum Gasteiger partial charge on any atom is -0.341 e. The predicted molar refractivity (Wildman–Crippen MR) is 80.4 cm³/mol. The average Bonchev–Trinajstić information content (AvgIpc) is 3.17. The maximum absolute atomic E-state index is 12.6. The van der Waals surface area contributed by atoms with Gasteiger partial charge in [0.1, 0.15) is 0 Å². The van der Waals surface area contributed by atoms with Crippen LogP contribution in [0.4, 0.5) is 0 Å². The van der Waals surface area contributed by atoms with E-state index < -0.39 is 0 Å². The summed E-state index contributed by atoms with van der Waals surface area (Å²) in [6.07, 6.45) is 7.38. The van der Waals surface area contributed by atoms with Crippen LogP contribution >= 0.6 is 11.8 Å². The van der Waals surface area contributed by atoms with Gasteiger partial charge in [0, 0.05) is 19.1 Å². The van der Waals surface area contributed by atoms with Gasteiger partial charge in [-0.1, -0.05) is 0 Å². The Morgan fingerprint density at radius 1 is 1.32 bits per heavy atom. The molecule has 1 saturated carbocycles. The lowest BCUT2D eigenvalue weighted by Crippen LogP contribution is -2.50. The van der Waals surface area contributed by atoms with Gasteiger partial charge in [0.25, 0.3) is 0 Å². The third kappa shape index (κ3) is 3.27. The predicted octanol–water partition coefficient (Wildman–Crippen LogP) is 2.26. The van der Waals surface area contributed by atoms with E-state index in [1.165, 1.54) is 25.8 Å². The van der Waals surface area contributed by atoms with Gasteiger partial charge in [-0.05, 0) is 63.7 Å². The maximum atomic E-state index is 12.6. The number of carbonyl (C=O) groups excluding carboxylic acids is 1. The second-order valence-electron chi connectivity index (χ2n) is 6.60. The summed E-state index contributed by atoms with van der Waals surface area (Å²) in [5.74, 6) is 2.51.